The van der Waals surface area contributed by atoms with Crippen LogP contribution in [0.4, 0.5) is 0 Å². The third-order valence-electron chi connectivity index (χ3n) is 1.19. The first-order valence-electron chi connectivity index (χ1n) is 3.22. The van der Waals surface area contributed by atoms with Crippen molar-refractivity contribution in [2.75, 3.05) is 0 Å². The lowest BCUT2D eigenvalue weighted by Gasteiger charge is -2.12. The van der Waals surface area contributed by atoms with E-state index in [-0.39, 0.29) is 6.42 Å². The molecule has 0 aliphatic heterocycles. The molecule has 0 saturated heterocycles. The molecule has 0 rings (SSSR count). The minimum Gasteiger partial charge on any atom is -0.481 e. The van der Waals surface area contributed by atoms with Crippen LogP contribution in [0, 0.1) is 0 Å². The average molecular weight is 179 g/mol. The van der Waals surface area contributed by atoms with Crippen LogP contribution < -0.4 is 0 Å². The van der Waals surface area contributed by atoms with Crippen LogP contribution in [0.1, 0.15) is 12.8 Å². The summed E-state index contributed by atoms with van der Waals surface area (Å²) in [5.74, 6) is -1.05. The fourth-order valence-corrected chi connectivity index (χ4v) is 0.838. The number of carboxylic acid groups (broad SMARTS) is 1. The fraction of sp³-hybridized carbons (Fsp3) is 0.571. The van der Waals surface area contributed by atoms with E-state index in [1.54, 1.807) is 6.08 Å². The summed E-state index contributed by atoms with van der Waals surface area (Å²) in [5, 5.41) is 16.8. The predicted octanol–water partition coefficient (Wildman–Crippen LogP) is 1.01. The molecule has 3 nitrogen and oxygen atoms in total. The molecule has 0 aliphatic rings. The summed E-state index contributed by atoms with van der Waals surface area (Å²) >= 11 is 5.59. The lowest BCUT2D eigenvalue weighted by Crippen LogP contribution is -2.23. The quantitative estimate of drug-likeness (QED) is 0.488. The SMILES string of the molecule is C=CCC(Cl)C(O)CC(=O)O. The van der Waals surface area contributed by atoms with E-state index in [9.17, 15) is 4.79 Å². The van der Waals surface area contributed by atoms with Gasteiger partial charge >= 0.3 is 5.97 Å². The maximum Gasteiger partial charge on any atom is 0.306 e. The van der Waals surface area contributed by atoms with E-state index in [4.69, 9.17) is 21.8 Å². The van der Waals surface area contributed by atoms with Crippen LogP contribution in [-0.2, 0) is 4.79 Å². The van der Waals surface area contributed by atoms with Crippen molar-refractivity contribution in [3.8, 4) is 0 Å². The molecule has 0 heterocycles. The molecule has 4 heteroatoms. The number of aliphatic hydroxyl groups excluding tert-OH is 1. The number of hydrogen-bond acceptors (Lipinski definition) is 2. The average Bonchev–Trinajstić information content (AvgIpc) is 1.86. The van der Waals surface area contributed by atoms with Crippen molar-refractivity contribution in [2.45, 2.75) is 24.3 Å². The first-order valence-corrected chi connectivity index (χ1v) is 3.66. The topological polar surface area (TPSA) is 57.5 Å². The third kappa shape index (κ3) is 4.81. The molecule has 0 aliphatic carbocycles. The van der Waals surface area contributed by atoms with E-state index in [0.29, 0.717) is 6.42 Å². The highest BCUT2D eigenvalue weighted by Gasteiger charge is 2.17. The number of halogens is 1. The second-order valence-corrected chi connectivity index (χ2v) is 2.77. The van der Waals surface area contributed by atoms with Gasteiger partial charge in [0.25, 0.3) is 0 Å². The molecule has 0 aromatic carbocycles. The van der Waals surface area contributed by atoms with Crippen LogP contribution in [0.15, 0.2) is 12.7 Å². The van der Waals surface area contributed by atoms with Gasteiger partial charge in [-0.15, -0.1) is 18.2 Å². The Labute approximate surface area is 70.3 Å². The summed E-state index contributed by atoms with van der Waals surface area (Å²) in [6, 6.07) is 0. The molecule has 0 fully saturated rings. The number of aliphatic hydroxyl groups is 1. The van der Waals surface area contributed by atoms with E-state index in [2.05, 4.69) is 6.58 Å². The summed E-state index contributed by atoms with van der Waals surface area (Å²) < 4.78 is 0. The Morgan fingerprint density at radius 2 is 2.27 bits per heavy atom. The van der Waals surface area contributed by atoms with Crippen LogP contribution in [-0.4, -0.2) is 27.7 Å². The highest BCUT2D eigenvalue weighted by Crippen LogP contribution is 2.10. The number of alkyl halides is 1. The van der Waals surface area contributed by atoms with Gasteiger partial charge in [-0.2, -0.15) is 0 Å². The van der Waals surface area contributed by atoms with Gasteiger partial charge in [0.15, 0.2) is 0 Å². The molecule has 2 atom stereocenters. The zero-order valence-corrected chi connectivity index (χ0v) is 6.79. The third-order valence-corrected chi connectivity index (χ3v) is 1.66. The molecule has 0 amide bonds. The van der Waals surface area contributed by atoms with Gasteiger partial charge in [-0.3, -0.25) is 4.79 Å². The largest absolute Gasteiger partial charge is 0.481 e. The number of aliphatic carboxylic acids is 1. The Balaban J connectivity index is 3.71. The Kier molecular flexibility index (Phi) is 4.90. The lowest BCUT2D eigenvalue weighted by atomic mass is 10.1. The maximum atomic E-state index is 10.1. The normalized spacial score (nSPS) is 15.5. The van der Waals surface area contributed by atoms with Gasteiger partial charge in [0.05, 0.1) is 17.9 Å². The molecule has 0 aromatic rings. The molecule has 11 heavy (non-hydrogen) atoms. The van der Waals surface area contributed by atoms with E-state index >= 15 is 0 Å². The molecule has 0 radical (unpaired) electrons. The molecule has 0 saturated carbocycles. The Morgan fingerprint density at radius 1 is 1.73 bits per heavy atom. The summed E-state index contributed by atoms with van der Waals surface area (Å²) in [6.07, 6.45) is 0.646. The van der Waals surface area contributed by atoms with Crippen LogP contribution >= 0.6 is 11.6 Å². The highest BCUT2D eigenvalue weighted by atomic mass is 35.5. The van der Waals surface area contributed by atoms with Crippen molar-refractivity contribution < 1.29 is 15.0 Å². The summed E-state index contributed by atoms with van der Waals surface area (Å²) in [7, 11) is 0. The highest BCUT2D eigenvalue weighted by molar-refractivity contribution is 6.21. The molecule has 64 valence electrons. The summed E-state index contributed by atoms with van der Waals surface area (Å²) in [5.41, 5.74) is 0. The minimum absolute atomic E-state index is 0.317. The Bertz CT molecular complexity index is 147. The van der Waals surface area contributed by atoms with Crippen molar-refractivity contribution in [3.63, 3.8) is 0 Å². The summed E-state index contributed by atoms with van der Waals surface area (Å²) in [4.78, 5) is 10.1. The number of allylic oxidation sites excluding steroid dienone is 1. The van der Waals surface area contributed by atoms with Gasteiger partial charge in [0, 0.05) is 0 Å². The van der Waals surface area contributed by atoms with E-state index in [0.717, 1.165) is 0 Å². The van der Waals surface area contributed by atoms with Gasteiger partial charge in [0.2, 0.25) is 0 Å². The van der Waals surface area contributed by atoms with Crippen molar-refractivity contribution in [1.82, 2.24) is 0 Å². The number of carboxylic acids is 1. The number of hydrogen-bond donors (Lipinski definition) is 2. The van der Waals surface area contributed by atoms with Gasteiger partial charge in [-0.05, 0) is 6.42 Å². The Morgan fingerprint density at radius 3 is 2.64 bits per heavy atom. The van der Waals surface area contributed by atoms with Crippen LogP contribution in [0.5, 0.6) is 0 Å². The molecular weight excluding hydrogens is 168 g/mol. The molecular formula is C7H11ClO3. The minimum atomic E-state index is -1.05. The van der Waals surface area contributed by atoms with Crippen molar-refractivity contribution in [1.29, 1.82) is 0 Å². The molecule has 2 unspecified atom stereocenters. The number of rotatable bonds is 5. The van der Waals surface area contributed by atoms with Crippen LogP contribution in [0.3, 0.4) is 0 Å². The standard InChI is InChI=1S/C7H11ClO3/c1-2-3-5(8)6(9)4-7(10)11/h2,5-6,9H,1,3-4H2,(H,10,11). The lowest BCUT2D eigenvalue weighted by molar-refractivity contribution is -0.139. The van der Waals surface area contributed by atoms with Crippen molar-refractivity contribution in [3.05, 3.63) is 12.7 Å². The zero-order valence-electron chi connectivity index (χ0n) is 6.03. The second-order valence-electron chi connectivity index (χ2n) is 2.21. The first-order chi connectivity index (χ1) is 5.07. The first kappa shape index (κ1) is 10.5. The fourth-order valence-electron chi connectivity index (χ4n) is 0.623. The maximum absolute atomic E-state index is 10.1. The van der Waals surface area contributed by atoms with Gasteiger partial charge < -0.3 is 10.2 Å². The van der Waals surface area contributed by atoms with E-state index in [1.165, 1.54) is 0 Å². The monoisotopic (exact) mass is 178 g/mol. The molecule has 0 spiro atoms. The molecule has 0 bridgehead atoms. The summed E-state index contributed by atoms with van der Waals surface area (Å²) in [6.45, 7) is 3.42. The van der Waals surface area contributed by atoms with Gasteiger partial charge in [-0.25, -0.2) is 0 Å². The van der Waals surface area contributed by atoms with Crippen LogP contribution in [0.25, 0.3) is 0 Å². The second kappa shape index (κ2) is 5.16. The predicted molar refractivity (Wildman–Crippen MR) is 42.7 cm³/mol. The smallest absolute Gasteiger partial charge is 0.306 e. The van der Waals surface area contributed by atoms with Gasteiger partial charge in [0.1, 0.15) is 0 Å². The molecule has 2 N–H and O–H groups in total. The van der Waals surface area contributed by atoms with E-state index in [1.807, 2.05) is 0 Å². The van der Waals surface area contributed by atoms with Crippen LogP contribution in [0.2, 0.25) is 0 Å². The molecule has 0 aromatic heterocycles. The van der Waals surface area contributed by atoms with Gasteiger partial charge in [-0.1, -0.05) is 6.08 Å². The number of carbonyl (C=O) groups is 1. The zero-order chi connectivity index (χ0) is 8.85. The van der Waals surface area contributed by atoms with Crippen molar-refractivity contribution in [2.24, 2.45) is 0 Å². The Hall–Kier alpha value is -0.540. The van der Waals surface area contributed by atoms with E-state index < -0.39 is 17.5 Å². The van der Waals surface area contributed by atoms with Crippen molar-refractivity contribution >= 4 is 17.6 Å².